The fourth-order valence-corrected chi connectivity index (χ4v) is 4.69. The van der Waals surface area contributed by atoms with Gasteiger partial charge in [0.05, 0.1) is 26.7 Å². The number of quaternary nitrogens is 1. The van der Waals surface area contributed by atoms with Gasteiger partial charge < -0.3 is 14.3 Å². The third-order valence-electron chi connectivity index (χ3n) is 6.57. The molecule has 0 saturated carbocycles. The van der Waals surface area contributed by atoms with Crippen LogP contribution in [0.25, 0.3) is 0 Å². The Bertz CT molecular complexity index is 771. The summed E-state index contributed by atoms with van der Waals surface area (Å²) in [5.41, 5.74) is 3.14. The minimum Gasteiger partial charge on any atom is -0.494 e. The maximum Gasteiger partial charge on any atom is 0.144 e. The van der Waals surface area contributed by atoms with E-state index in [-0.39, 0.29) is 6.04 Å². The Kier molecular flexibility index (Phi) is 5.64. The highest BCUT2D eigenvalue weighted by Gasteiger charge is 2.57. The highest BCUT2D eigenvalue weighted by Crippen LogP contribution is 2.49. The van der Waals surface area contributed by atoms with Gasteiger partial charge in [0.15, 0.2) is 0 Å². The van der Waals surface area contributed by atoms with Gasteiger partial charge >= 0.3 is 0 Å². The summed E-state index contributed by atoms with van der Waals surface area (Å²) >= 11 is 0. The molecule has 0 bridgehead atoms. The van der Waals surface area contributed by atoms with E-state index in [4.69, 9.17) is 4.74 Å². The van der Waals surface area contributed by atoms with Crippen molar-refractivity contribution in [3.8, 4) is 5.75 Å². The number of hydrogen-bond donors (Lipinski definition) is 1. The van der Waals surface area contributed by atoms with Crippen molar-refractivity contribution < 1.29 is 14.3 Å². The molecule has 0 aliphatic carbocycles. The lowest BCUT2D eigenvalue weighted by Gasteiger charge is -2.40. The quantitative estimate of drug-likeness (QED) is 0.586. The smallest absolute Gasteiger partial charge is 0.144 e. The first-order chi connectivity index (χ1) is 12.7. The number of aryl methyl sites for hydroxylation is 2. The predicted octanol–water partition coefficient (Wildman–Crippen LogP) is 4.80. The van der Waals surface area contributed by atoms with Gasteiger partial charge in [0, 0.05) is 12.0 Å². The molecule has 3 unspecified atom stereocenters. The molecule has 1 fully saturated rings. The number of likely N-dealkylation sites (tertiary alicyclic amines) is 1. The zero-order valence-corrected chi connectivity index (χ0v) is 17.4. The average molecular weight is 369 g/mol. The van der Waals surface area contributed by atoms with Gasteiger partial charge in [-0.05, 0) is 62.9 Å². The minimum absolute atomic E-state index is 0.0866. The van der Waals surface area contributed by atoms with Crippen molar-refractivity contribution >= 4 is 0 Å². The molecule has 1 saturated heterocycles. The number of nitrogens with zero attached hydrogens (tertiary/aromatic N) is 1. The van der Waals surface area contributed by atoms with Gasteiger partial charge in [0.2, 0.25) is 0 Å². The summed E-state index contributed by atoms with van der Waals surface area (Å²) in [6.07, 6.45) is 2.42. The van der Waals surface area contributed by atoms with E-state index in [0.29, 0.717) is 12.6 Å². The van der Waals surface area contributed by atoms with Gasteiger partial charge in [-0.1, -0.05) is 30.3 Å². The number of rotatable bonds is 6. The molecule has 1 aliphatic rings. The van der Waals surface area contributed by atoms with Crippen LogP contribution in [0.15, 0.2) is 48.5 Å². The molecule has 1 aliphatic heterocycles. The lowest BCUT2D eigenvalue weighted by Crippen LogP contribution is -2.48. The van der Waals surface area contributed by atoms with Gasteiger partial charge in [-0.3, -0.25) is 0 Å². The topological polar surface area (TPSA) is 29.5 Å². The zero-order chi connectivity index (χ0) is 19.7. The van der Waals surface area contributed by atoms with Crippen molar-refractivity contribution in [1.82, 2.24) is 0 Å². The number of ether oxygens (including phenoxy) is 1. The van der Waals surface area contributed by atoms with E-state index in [1.54, 1.807) is 0 Å². The lowest BCUT2D eigenvalue weighted by atomic mass is 9.83. The average Bonchev–Trinajstić information content (AvgIpc) is 2.80. The molecule has 1 heterocycles. The Labute approximate surface area is 164 Å². The number of likely N-dealkylation sites (N-methyl/N-ethyl adjacent to an activating group) is 1. The summed E-state index contributed by atoms with van der Waals surface area (Å²) in [6, 6.07) is 17.1. The Balaban J connectivity index is 1.75. The van der Waals surface area contributed by atoms with Crippen LogP contribution in [0.2, 0.25) is 0 Å². The van der Waals surface area contributed by atoms with Gasteiger partial charge in [-0.15, -0.1) is 0 Å². The molecule has 27 heavy (non-hydrogen) atoms. The second kappa shape index (κ2) is 7.65. The van der Waals surface area contributed by atoms with E-state index in [9.17, 15) is 5.11 Å². The second-order valence-corrected chi connectivity index (χ2v) is 8.80. The minimum atomic E-state index is -0.704. The molecule has 0 spiro atoms. The fraction of sp³-hybridized carbons (Fsp3) is 0.500. The van der Waals surface area contributed by atoms with Gasteiger partial charge in [0.25, 0.3) is 0 Å². The van der Waals surface area contributed by atoms with E-state index in [1.165, 1.54) is 16.7 Å². The molecule has 146 valence electrons. The number of benzene rings is 2. The van der Waals surface area contributed by atoms with Crippen LogP contribution in [-0.2, 0) is 0 Å². The number of hydrogen-bond acceptors (Lipinski definition) is 2. The van der Waals surface area contributed by atoms with Gasteiger partial charge in [-0.25, -0.2) is 0 Å². The van der Waals surface area contributed by atoms with Crippen molar-refractivity contribution in [3.05, 3.63) is 65.2 Å². The fourth-order valence-electron chi connectivity index (χ4n) is 4.69. The lowest BCUT2D eigenvalue weighted by molar-refractivity contribution is -0.932. The monoisotopic (exact) mass is 368 g/mol. The van der Waals surface area contributed by atoms with Crippen LogP contribution in [0.5, 0.6) is 5.75 Å². The normalized spacial score (nSPS) is 26.9. The maximum atomic E-state index is 11.7. The molecule has 3 rings (SSSR count). The molecule has 0 radical (unpaired) electrons. The standard InChI is InChI=1S/C24H34NO2/c1-18-12-13-21(16-19(18)2)23-24(26,17-20(3)25(23,4)5)14-9-15-27-22-10-7-6-8-11-22/h6-8,10-13,16,20,23,26H,9,14-15,17H2,1-5H3/q+1. The third-order valence-corrected chi connectivity index (χ3v) is 6.57. The maximum absolute atomic E-state index is 11.7. The number of aliphatic hydroxyl groups is 1. The van der Waals surface area contributed by atoms with Crippen LogP contribution in [0.4, 0.5) is 0 Å². The van der Waals surface area contributed by atoms with E-state index in [0.717, 1.165) is 29.5 Å². The molecule has 3 nitrogen and oxygen atoms in total. The highest BCUT2D eigenvalue weighted by atomic mass is 16.5. The van der Waals surface area contributed by atoms with E-state index in [2.05, 4.69) is 53.1 Å². The van der Waals surface area contributed by atoms with Crippen LogP contribution in [0, 0.1) is 13.8 Å². The van der Waals surface area contributed by atoms with Crippen LogP contribution in [0.1, 0.15) is 48.9 Å². The summed E-state index contributed by atoms with van der Waals surface area (Å²) in [5, 5.41) is 11.7. The zero-order valence-electron chi connectivity index (χ0n) is 17.4. The van der Waals surface area contributed by atoms with Crippen molar-refractivity contribution in [2.24, 2.45) is 0 Å². The molecule has 2 aromatic carbocycles. The molecule has 3 heteroatoms. The number of para-hydroxylation sites is 1. The first-order valence-corrected chi connectivity index (χ1v) is 10.0. The summed E-state index contributed by atoms with van der Waals surface area (Å²) in [6.45, 7) is 7.19. The molecule has 0 aromatic heterocycles. The highest BCUT2D eigenvalue weighted by molar-refractivity contribution is 5.33. The first-order valence-electron chi connectivity index (χ1n) is 10.0. The largest absolute Gasteiger partial charge is 0.494 e. The Morgan fingerprint density at radius 2 is 1.78 bits per heavy atom. The molecular weight excluding hydrogens is 334 g/mol. The molecule has 1 N–H and O–H groups in total. The Morgan fingerprint density at radius 1 is 1.07 bits per heavy atom. The first kappa shape index (κ1) is 19.9. The van der Waals surface area contributed by atoms with Gasteiger partial charge in [0.1, 0.15) is 17.4 Å². The van der Waals surface area contributed by atoms with Crippen LogP contribution >= 0.6 is 0 Å². The summed E-state index contributed by atoms with van der Waals surface area (Å²) in [5.74, 6) is 0.895. The van der Waals surface area contributed by atoms with Crippen molar-refractivity contribution in [1.29, 1.82) is 0 Å². The van der Waals surface area contributed by atoms with Crippen molar-refractivity contribution in [3.63, 3.8) is 0 Å². The molecule has 0 amide bonds. The molecule has 3 atom stereocenters. The van der Waals surface area contributed by atoms with Crippen LogP contribution < -0.4 is 4.74 Å². The van der Waals surface area contributed by atoms with E-state index >= 15 is 0 Å². The summed E-state index contributed by atoms with van der Waals surface area (Å²) < 4.78 is 6.67. The van der Waals surface area contributed by atoms with E-state index < -0.39 is 5.60 Å². The van der Waals surface area contributed by atoms with Crippen LogP contribution in [-0.4, -0.2) is 41.9 Å². The summed E-state index contributed by atoms with van der Waals surface area (Å²) in [4.78, 5) is 0. The SMILES string of the molecule is Cc1ccc(C2C(O)(CCCOc3ccccc3)CC(C)[N+]2(C)C)cc1C. The Hall–Kier alpha value is -1.84. The van der Waals surface area contributed by atoms with Crippen molar-refractivity contribution in [2.75, 3.05) is 20.7 Å². The third kappa shape index (κ3) is 4.04. The molecular formula is C24H34NO2+. The van der Waals surface area contributed by atoms with Crippen LogP contribution in [0.3, 0.4) is 0 Å². The van der Waals surface area contributed by atoms with E-state index in [1.807, 2.05) is 30.3 Å². The second-order valence-electron chi connectivity index (χ2n) is 8.80. The summed E-state index contributed by atoms with van der Waals surface area (Å²) in [7, 11) is 4.51. The molecule has 2 aromatic rings. The Morgan fingerprint density at radius 3 is 2.44 bits per heavy atom. The van der Waals surface area contributed by atoms with Gasteiger partial charge in [-0.2, -0.15) is 0 Å². The van der Waals surface area contributed by atoms with Crippen molar-refractivity contribution in [2.45, 2.75) is 57.7 Å². The predicted molar refractivity (Wildman–Crippen MR) is 111 cm³/mol.